The number of hydrogen-bond donors (Lipinski definition) is 1. The highest BCUT2D eigenvalue weighted by Crippen LogP contribution is 2.30. The first kappa shape index (κ1) is 20.3. The van der Waals surface area contributed by atoms with E-state index >= 15 is 0 Å². The Bertz CT molecular complexity index is 927. The van der Waals surface area contributed by atoms with E-state index in [-0.39, 0.29) is 37.6 Å². The monoisotopic (exact) mass is 412 g/mol. The Hall–Kier alpha value is -2.95. The molecule has 7 nitrogen and oxygen atoms in total. The van der Waals surface area contributed by atoms with Gasteiger partial charge < -0.3 is 15.1 Å². The SMILES string of the molecule is CCc1cccc2c1CN(C(=O)C[C@@H]1C[C@@H](C(=O)N3CC(F)C[C@H]3C#N)NC1=O)C2. The van der Waals surface area contributed by atoms with E-state index in [2.05, 4.69) is 18.3 Å². The first-order chi connectivity index (χ1) is 14.4. The molecule has 0 aliphatic carbocycles. The lowest BCUT2D eigenvalue weighted by molar-refractivity contribution is -0.135. The summed E-state index contributed by atoms with van der Waals surface area (Å²) in [6.45, 7) is 3.04. The van der Waals surface area contributed by atoms with Gasteiger partial charge in [-0.25, -0.2) is 4.39 Å². The normalized spacial score (nSPS) is 27.7. The minimum Gasteiger partial charge on any atom is -0.344 e. The standard InChI is InChI=1S/C22H25FN4O3/c1-2-13-4-3-5-14-10-26(12-18(13)14)20(28)7-15-6-19(25-21(15)29)22(30)27-11-16(23)8-17(27)9-24/h3-5,15-17,19H,2,6-8,10-12H2,1H3,(H,25,29)/t15-,16?,17-,19-/m0/s1. The molecule has 0 saturated carbocycles. The lowest BCUT2D eigenvalue weighted by atomic mass is 9.99. The maximum atomic E-state index is 13.6. The second-order valence-corrected chi connectivity index (χ2v) is 8.32. The highest BCUT2D eigenvalue weighted by molar-refractivity contribution is 5.94. The van der Waals surface area contributed by atoms with Gasteiger partial charge in [-0.05, 0) is 29.5 Å². The number of carbonyl (C=O) groups excluding carboxylic acids is 3. The highest BCUT2D eigenvalue weighted by Gasteiger charge is 2.44. The molecule has 158 valence electrons. The van der Waals surface area contributed by atoms with Crippen molar-refractivity contribution in [2.24, 2.45) is 5.92 Å². The van der Waals surface area contributed by atoms with Gasteiger partial charge >= 0.3 is 0 Å². The van der Waals surface area contributed by atoms with Crippen LogP contribution in [-0.4, -0.2) is 52.3 Å². The van der Waals surface area contributed by atoms with Crippen LogP contribution in [0.15, 0.2) is 18.2 Å². The first-order valence-corrected chi connectivity index (χ1v) is 10.4. The molecule has 0 radical (unpaired) electrons. The molecule has 2 fully saturated rings. The summed E-state index contributed by atoms with van der Waals surface area (Å²) < 4.78 is 13.6. The number of halogens is 1. The van der Waals surface area contributed by atoms with E-state index in [0.717, 1.165) is 12.0 Å². The van der Waals surface area contributed by atoms with E-state index in [1.807, 2.05) is 18.2 Å². The van der Waals surface area contributed by atoms with Gasteiger partial charge in [0.1, 0.15) is 18.3 Å². The first-order valence-electron chi connectivity index (χ1n) is 10.4. The van der Waals surface area contributed by atoms with E-state index < -0.39 is 30.1 Å². The van der Waals surface area contributed by atoms with Gasteiger partial charge in [0.15, 0.2) is 0 Å². The number of nitrogens with zero attached hydrogens (tertiary/aromatic N) is 3. The molecular formula is C22H25FN4O3. The van der Waals surface area contributed by atoms with Crippen LogP contribution in [0.4, 0.5) is 4.39 Å². The molecule has 4 rings (SSSR count). The number of rotatable bonds is 4. The number of benzene rings is 1. The number of alkyl halides is 1. The molecule has 0 spiro atoms. The average Bonchev–Trinajstić information content (AvgIpc) is 3.43. The van der Waals surface area contributed by atoms with E-state index in [1.165, 1.54) is 16.0 Å². The second-order valence-electron chi connectivity index (χ2n) is 8.32. The van der Waals surface area contributed by atoms with Crippen molar-refractivity contribution in [2.75, 3.05) is 6.54 Å². The molecule has 3 heterocycles. The minimum absolute atomic E-state index is 0.0000877. The van der Waals surface area contributed by atoms with Crippen LogP contribution < -0.4 is 5.32 Å². The van der Waals surface area contributed by atoms with E-state index in [0.29, 0.717) is 13.1 Å². The number of likely N-dealkylation sites (tertiary alicyclic amines) is 1. The summed E-state index contributed by atoms with van der Waals surface area (Å²) >= 11 is 0. The van der Waals surface area contributed by atoms with Gasteiger partial charge in [0.2, 0.25) is 17.7 Å². The van der Waals surface area contributed by atoms with E-state index in [9.17, 15) is 18.8 Å². The van der Waals surface area contributed by atoms with Gasteiger partial charge in [-0.15, -0.1) is 0 Å². The largest absolute Gasteiger partial charge is 0.344 e. The maximum Gasteiger partial charge on any atom is 0.246 e. The Kier molecular flexibility index (Phi) is 5.46. The van der Waals surface area contributed by atoms with Crippen molar-refractivity contribution < 1.29 is 18.8 Å². The molecule has 4 atom stereocenters. The van der Waals surface area contributed by atoms with Gasteiger partial charge in [0.05, 0.1) is 12.6 Å². The van der Waals surface area contributed by atoms with Gasteiger partial charge in [0.25, 0.3) is 0 Å². The second kappa shape index (κ2) is 8.05. The smallest absolute Gasteiger partial charge is 0.246 e. The Morgan fingerprint density at radius 3 is 2.83 bits per heavy atom. The van der Waals surface area contributed by atoms with Crippen molar-refractivity contribution in [1.29, 1.82) is 5.26 Å². The predicted octanol–water partition coefficient (Wildman–Crippen LogP) is 1.45. The van der Waals surface area contributed by atoms with Crippen LogP contribution >= 0.6 is 0 Å². The van der Waals surface area contributed by atoms with Crippen molar-refractivity contribution in [3.05, 3.63) is 34.9 Å². The number of nitrogens with one attached hydrogen (secondary N) is 1. The van der Waals surface area contributed by atoms with Gasteiger partial charge in [-0.2, -0.15) is 5.26 Å². The predicted molar refractivity (Wildman–Crippen MR) is 105 cm³/mol. The molecule has 1 aromatic carbocycles. The third-order valence-electron chi connectivity index (χ3n) is 6.42. The number of carbonyl (C=O) groups is 3. The summed E-state index contributed by atoms with van der Waals surface area (Å²) in [4.78, 5) is 40.9. The Balaban J connectivity index is 1.37. The summed E-state index contributed by atoms with van der Waals surface area (Å²) in [6, 6.07) is 6.44. The van der Waals surface area contributed by atoms with Crippen LogP contribution in [0.5, 0.6) is 0 Å². The van der Waals surface area contributed by atoms with Crippen LogP contribution in [0.25, 0.3) is 0 Å². The quantitative estimate of drug-likeness (QED) is 0.810. The molecule has 1 unspecified atom stereocenters. The van der Waals surface area contributed by atoms with E-state index in [1.54, 1.807) is 4.90 Å². The van der Waals surface area contributed by atoms with Crippen LogP contribution in [0.1, 0.15) is 42.9 Å². The van der Waals surface area contributed by atoms with E-state index in [4.69, 9.17) is 5.26 Å². The molecule has 3 amide bonds. The Morgan fingerprint density at radius 2 is 2.10 bits per heavy atom. The van der Waals surface area contributed by atoms with Crippen LogP contribution in [-0.2, 0) is 33.9 Å². The molecule has 1 aromatic rings. The van der Waals surface area contributed by atoms with Gasteiger partial charge in [-0.1, -0.05) is 25.1 Å². The molecule has 0 aromatic heterocycles. The fourth-order valence-corrected chi connectivity index (χ4v) is 4.77. The Morgan fingerprint density at radius 1 is 1.30 bits per heavy atom. The number of nitriles is 1. The molecule has 0 bridgehead atoms. The third kappa shape index (κ3) is 3.64. The Labute approximate surface area is 174 Å². The van der Waals surface area contributed by atoms with Crippen molar-refractivity contribution in [3.63, 3.8) is 0 Å². The lowest BCUT2D eigenvalue weighted by Crippen LogP contribution is -2.46. The summed E-state index contributed by atoms with van der Waals surface area (Å²) in [5, 5.41) is 11.8. The van der Waals surface area contributed by atoms with Gasteiger partial charge in [-0.3, -0.25) is 14.4 Å². The molecule has 3 aliphatic rings. The molecule has 1 N–H and O–H groups in total. The molecule has 2 saturated heterocycles. The number of fused-ring (bicyclic) bond motifs is 1. The minimum atomic E-state index is -1.22. The molecular weight excluding hydrogens is 387 g/mol. The van der Waals surface area contributed by atoms with Crippen molar-refractivity contribution in [2.45, 2.75) is 64.0 Å². The number of hydrogen-bond acceptors (Lipinski definition) is 4. The average molecular weight is 412 g/mol. The molecule has 30 heavy (non-hydrogen) atoms. The highest BCUT2D eigenvalue weighted by atomic mass is 19.1. The van der Waals surface area contributed by atoms with Crippen molar-refractivity contribution >= 4 is 17.7 Å². The summed E-state index contributed by atoms with van der Waals surface area (Å²) in [5.41, 5.74) is 3.56. The van der Waals surface area contributed by atoms with Crippen molar-refractivity contribution in [3.8, 4) is 6.07 Å². The number of aryl methyl sites for hydroxylation is 1. The summed E-state index contributed by atoms with van der Waals surface area (Å²) in [5.74, 6) is -1.48. The fourth-order valence-electron chi connectivity index (χ4n) is 4.77. The zero-order valence-electron chi connectivity index (χ0n) is 16.9. The third-order valence-corrected chi connectivity index (χ3v) is 6.42. The summed E-state index contributed by atoms with van der Waals surface area (Å²) in [6.07, 6.45) is -0.0907. The van der Waals surface area contributed by atoms with Crippen LogP contribution in [0, 0.1) is 17.2 Å². The maximum absolute atomic E-state index is 13.6. The fraction of sp³-hybridized carbons (Fsp3) is 0.545. The zero-order chi connectivity index (χ0) is 21.4. The van der Waals surface area contributed by atoms with Crippen molar-refractivity contribution in [1.82, 2.24) is 15.1 Å². The van der Waals surface area contributed by atoms with Gasteiger partial charge in [0, 0.05) is 31.8 Å². The summed E-state index contributed by atoms with van der Waals surface area (Å²) in [7, 11) is 0. The zero-order valence-corrected chi connectivity index (χ0v) is 16.9. The lowest BCUT2D eigenvalue weighted by Gasteiger charge is -2.22. The number of amides is 3. The van der Waals surface area contributed by atoms with Crippen LogP contribution in [0.3, 0.4) is 0 Å². The van der Waals surface area contributed by atoms with Crippen LogP contribution in [0.2, 0.25) is 0 Å². The molecule has 8 heteroatoms. The molecule has 3 aliphatic heterocycles. The topological polar surface area (TPSA) is 93.5 Å².